The molecular weight excluding hydrogens is 418 g/mol. The van der Waals surface area contributed by atoms with Gasteiger partial charge in [0.15, 0.2) is 21.3 Å². The van der Waals surface area contributed by atoms with Crippen LogP contribution in [0.5, 0.6) is 11.5 Å². The van der Waals surface area contributed by atoms with Crippen molar-refractivity contribution in [2.45, 2.75) is 31.0 Å². The molecule has 1 unspecified atom stereocenters. The van der Waals surface area contributed by atoms with E-state index < -0.39 is 9.84 Å². The minimum atomic E-state index is -3.05. The molecule has 1 aromatic carbocycles. The number of thioether (sulfide) groups is 1. The zero-order valence-electron chi connectivity index (χ0n) is 15.9. The van der Waals surface area contributed by atoms with Crippen LogP contribution >= 0.6 is 11.8 Å². The predicted octanol–water partition coefficient (Wildman–Crippen LogP) is 1.98. The molecule has 2 aliphatic heterocycles. The number of nitrogens with zero attached hydrogens (tertiary/aromatic N) is 3. The number of fused-ring (bicyclic) bond motifs is 1. The highest BCUT2D eigenvalue weighted by Gasteiger charge is 2.34. The fourth-order valence-corrected chi connectivity index (χ4v) is 5.77. The molecule has 1 saturated heterocycles. The first kappa shape index (κ1) is 20.0. The second kappa shape index (κ2) is 8.23. The third-order valence-corrected chi connectivity index (χ3v) is 7.33. The van der Waals surface area contributed by atoms with E-state index in [4.69, 9.17) is 13.9 Å². The first-order chi connectivity index (χ1) is 13.9. The Labute approximate surface area is 172 Å². The van der Waals surface area contributed by atoms with Crippen LogP contribution in [0.4, 0.5) is 0 Å². The van der Waals surface area contributed by atoms with Crippen LogP contribution < -0.4 is 9.47 Å². The molecule has 9 nitrogen and oxygen atoms in total. The van der Waals surface area contributed by atoms with Gasteiger partial charge in [-0.25, -0.2) is 8.42 Å². The summed E-state index contributed by atoms with van der Waals surface area (Å²) in [6.45, 7) is 2.68. The van der Waals surface area contributed by atoms with E-state index in [1.807, 2.05) is 6.92 Å². The largest absolute Gasteiger partial charge is 0.454 e. The molecule has 1 atom stereocenters. The number of sulfone groups is 1. The topological polar surface area (TPSA) is 112 Å². The predicted molar refractivity (Wildman–Crippen MR) is 106 cm³/mol. The number of benzene rings is 1. The average molecular weight is 440 g/mol. The summed E-state index contributed by atoms with van der Waals surface area (Å²) in [6.07, 6.45) is 1.26. The van der Waals surface area contributed by atoms with E-state index in [2.05, 4.69) is 10.2 Å². The molecule has 11 heteroatoms. The fraction of sp³-hybridized carbons (Fsp3) is 0.500. The Morgan fingerprint density at radius 3 is 2.86 bits per heavy atom. The Kier molecular flexibility index (Phi) is 5.68. The van der Waals surface area contributed by atoms with Crippen molar-refractivity contribution in [1.82, 2.24) is 15.1 Å². The summed E-state index contributed by atoms with van der Waals surface area (Å²) in [7, 11) is -3.05. The third kappa shape index (κ3) is 4.50. The Morgan fingerprint density at radius 1 is 1.28 bits per heavy atom. The van der Waals surface area contributed by atoms with Gasteiger partial charge in [0.05, 0.1) is 17.3 Å². The van der Waals surface area contributed by atoms with Gasteiger partial charge in [-0.1, -0.05) is 18.7 Å². The highest BCUT2D eigenvalue weighted by molar-refractivity contribution is 7.99. The van der Waals surface area contributed by atoms with Crippen molar-refractivity contribution in [2.75, 3.05) is 30.6 Å². The lowest BCUT2D eigenvalue weighted by Gasteiger charge is -2.27. The quantitative estimate of drug-likeness (QED) is 0.598. The number of aromatic nitrogens is 2. The zero-order chi connectivity index (χ0) is 20.4. The lowest BCUT2D eigenvalue weighted by atomic mass is 10.2. The van der Waals surface area contributed by atoms with Gasteiger partial charge in [-0.2, -0.15) is 0 Å². The molecule has 2 aliphatic rings. The van der Waals surface area contributed by atoms with E-state index in [0.29, 0.717) is 35.9 Å². The Morgan fingerprint density at radius 2 is 2.10 bits per heavy atom. The molecule has 1 amide bonds. The Hall–Kier alpha value is -2.27. The number of ether oxygens (including phenoxy) is 2. The number of hydrogen-bond acceptors (Lipinski definition) is 9. The molecule has 156 valence electrons. The second-order valence-electron chi connectivity index (χ2n) is 6.87. The molecule has 0 spiro atoms. The van der Waals surface area contributed by atoms with Crippen molar-refractivity contribution in [1.29, 1.82) is 0 Å². The van der Waals surface area contributed by atoms with Gasteiger partial charge in [-0.3, -0.25) is 4.79 Å². The highest BCUT2D eigenvalue weighted by atomic mass is 32.2. The number of amides is 1. The summed E-state index contributed by atoms with van der Waals surface area (Å²) in [5.41, 5.74) is 0.698. The van der Waals surface area contributed by atoms with Crippen molar-refractivity contribution in [3.8, 4) is 23.0 Å². The maximum atomic E-state index is 12.7. The monoisotopic (exact) mass is 439 g/mol. The van der Waals surface area contributed by atoms with Gasteiger partial charge in [-0.15, -0.1) is 10.2 Å². The summed E-state index contributed by atoms with van der Waals surface area (Å²) >= 11 is 1.15. The van der Waals surface area contributed by atoms with E-state index in [1.165, 1.54) is 0 Å². The molecule has 2 aromatic rings. The van der Waals surface area contributed by atoms with Crippen LogP contribution in [0.2, 0.25) is 0 Å². The van der Waals surface area contributed by atoms with Crippen LogP contribution in [-0.4, -0.2) is 66.1 Å². The van der Waals surface area contributed by atoms with Crippen LogP contribution in [0.3, 0.4) is 0 Å². The molecule has 4 rings (SSSR count). The number of carbonyl (C=O) groups is 1. The summed E-state index contributed by atoms with van der Waals surface area (Å²) in [4.78, 5) is 14.4. The van der Waals surface area contributed by atoms with Gasteiger partial charge >= 0.3 is 0 Å². The Bertz CT molecular complexity index is 1010. The third-order valence-electron chi connectivity index (χ3n) is 4.78. The minimum Gasteiger partial charge on any atom is -0.454 e. The first-order valence-corrected chi connectivity index (χ1v) is 12.1. The summed E-state index contributed by atoms with van der Waals surface area (Å²) in [6, 6.07) is 5.08. The van der Waals surface area contributed by atoms with E-state index in [9.17, 15) is 13.2 Å². The van der Waals surface area contributed by atoms with Crippen molar-refractivity contribution < 1.29 is 27.1 Å². The molecule has 0 saturated carbocycles. The maximum absolute atomic E-state index is 12.7. The maximum Gasteiger partial charge on any atom is 0.277 e. The van der Waals surface area contributed by atoms with Gasteiger partial charge in [0, 0.05) is 18.2 Å². The van der Waals surface area contributed by atoms with Gasteiger partial charge in [0.1, 0.15) is 0 Å². The van der Waals surface area contributed by atoms with Gasteiger partial charge in [-0.05, 0) is 31.0 Å². The smallest absolute Gasteiger partial charge is 0.277 e. The normalized spacial score (nSPS) is 19.4. The van der Waals surface area contributed by atoms with Crippen LogP contribution in [-0.2, 0) is 14.6 Å². The molecule has 29 heavy (non-hydrogen) atoms. The van der Waals surface area contributed by atoms with E-state index in [-0.39, 0.29) is 41.2 Å². The summed E-state index contributed by atoms with van der Waals surface area (Å²) in [5, 5.41) is 8.30. The van der Waals surface area contributed by atoms with E-state index in [0.717, 1.165) is 18.2 Å². The van der Waals surface area contributed by atoms with Crippen molar-refractivity contribution in [3.05, 3.63) is 18.2 Å². The molecule has 3 heterocycles. The average Bonchev–Trinajstić information content (AvgIpc) is 3.42. The molecule has 0 N–H and O–H groups in total. The molecule has 0 bridgehead atoms. The van der Waals surface area contributed by atoms with Crippen molar-refractivity contribution >= 4 is 27.5 Å². The van der Waals surface area contributed by atoms with E-state index >= 15 is 0 Å². The number of hydrogen-bond donors (Lipinski definition) is 0. The van der Waals surface area contributed by atoms with Crippen molar-refractivity contribution in [3.63, 3.8) is 0 Å². The zero-order valence-corrected chi connectivity index (χ0v) is 17.5. The van der Waals surface area contributed by atoms with Gasteiger partial charge in [0.2, 0.25) is 18.6 Å². The van der Waals surface area contributed by atoms with Gasteiger partial charge < -0.3 is 18.8 Å². The molecule has 1 aromatic heterocycles. The Balaban J connectivity index is 1.39. The van der Waals surface area contributed by atoms with Gasteiger partial charge in [0.25, 0.3) is 5.22 Å². The number of carbonyl (C=O) groups excluding carboxylic acids is 1. The molecule has 0 radical (unpaired) electrons. The lowest BCUT2D eigenvalue weighted by molar-refractivity contribution is -0.130. The summed E-state index contributed by atoms with van der Waals surface area (Å²) in [5.74, 6) is 1.77. The van der Waals surface area contributed by atoms with Crippen LogP contribution in [0, 0.1) is 0 Å². The lowest BCUT2D eigenvalue weighted by Crippen LogP contribution is -2.42. The standard InChI is InChI=1S/C18H21N3O6S2/c1-2-6-21(13-5-7-29(23,24)10-13)16(22)9-28-18-20-19-17(27-18)12-3-4-14-15(8-12)26-11-25-14/h3-4,8,13H,2,5-7,9-11H2,1H3. The number of rotatable bonds is 7. The van der Waals surface area contributed by atoms with Crippen LogP contribution in [0.15, 0.2) is 27.8 Å². The van der Waals surface area contributed by atoms with Crippen LogP contribution in [0.25, 0.3) is 11.5 Å². The SMILES string of the molecule is CCCN(C(=O)CSc1nnc(-c2ccc3c(c2)OCO3)o1)C1CCS(=O)(=O)C1. The molecular formula is C18H21N3O6S2. The minimum absolute atomic E-state index is 0.0399. The summed E-state index contributed by atoms with van der Waals surface area (Å²) < 4.78 is 39.8. The van der Waals surface area contributed by atoms with Crippen LogP contribution in [0.1, 0.15) is 19.8 Å². The molecule has 1 fully saturated rings. The van der Waals surface area contributed by atoms with Crippen molar-refractivity contribution in [2.24, 2.45) is 0 Å². The highest BCUT2D eigenvalue weighted by Crippen LogP contribution is 2.36. The fourth-order valence-electron chi connectivity index (χ4n) is 3.39. The second-order valence-corrected chi connectivity index (χ2v) is 10.0. The van der Waals surface area contributed by atoms with E-state index in [1.54, 1.807) is 23.1 Å². The first-order valence-electron chi connectivity index (χ1n) is 9.31. The molecule has 0 aliphatic carbocycles.